The minimum atomic E-state index is -1.03. The Morgan fingerprint density at radius 3 is 1.93 bits per heavy atom. The molecule has 2 aliphatic rings. The van der Waals surface area contributed by atoms with Crippen LogP contribution in [0.5, 0.6) is 0 Å². The third-order valence-electron chi connectivity index (χ3n) is 2.16. The molecule has 14 heavy (non-hydrogen) atoms. The second-order valence-corrected chi connectivity index (χ2v) is 5.34. The van der Waals surface area contributed by atoms with Crippen molar-refractivity contribution >= 4 is 40.9 Å². The van der Waals surface area contributed by atoms with Crippen molar-refractivity contribution in [1.82, 2.24) is 0 Å². The van der Waals surface area contributed by atoms with Crippen LogP contribution in [0.4, 0.5) is 0 Å². The first-order valence-corrected chi connectivity index (χ1v) is 6.19. The average Bonchev–Trinajstić information content (AvgIpc) is 2.41. The van der Waals surface area contributed by atoms with Crippen molar-refractivity contribution in [2.24, 2.45) is 5.92 Å². The van der Waals surface area contributed by atoms with E-state index in [-0.39, 0.29) is 17.3 Å². The highest BCUT2D eigenvalue weighted by atomic mass is 32.2. The molecule has 0 spiro atoms. The maximum absolute atomic E-state index is 11.7. The van der Waals surface area contributed by atoms with Crippen LogP contribution in [0.2, 0.25) is 0 Å². The van der Waals surface area contributed by atoms with Crippen LogP contribution in [0.25, 0.3) is 0 Å². The fraction of sp³-hybridized carbons (Fsp3) is 0.444. The normalized spacial score (nSPS) is 22.9. The zero-order chi connectivity index (χ0) is 10.3. The summed E-state index contributed by atoms with van der Waals surface area (Å²) in [6, 6.07) is 0. The van der Waals surface area contributed by atoms with E-state index in [0.29, 0.717) is 9.81 Å². The molecule has 0 bridgehead atoms. The third kappa shape index (κ3) is 1.35. The van der Waals surface area contributed by atoms with Crippen LogP contribution in [0.1, 0.15) is 6.92 Å². The van der Waals surface area contributed by atoms with Gasteiger partial charge in [0.15, 0.2) is 11.6 Å². The summed E-state index contributed by atoms with van der Waals surface area (Å²) in [5, 5.41) is 0. The van der Waals surface area contributed by atoms with E-state index in [1.807, 2.05) is 0 Å². The van der Waals surface area contributed by atoms with Gasteiger partial charge >= 0.3 is 0 Å². The van der Waals surface area contributed by atoms with Gasteiger partial charge in [-0.05, 0) is 6.92 Å². The molecule has 0 radical (unpaired) electrons. The fourth-order valence-corrected chi connectivity index (χ4v) is 3.95. The maximum Gasteiger partial charge on any atom is 0.188 e. The maximum atomic E-state index is 11.7. The first-order valence-electron chi connectivity index (χ1n) is 4.21. The number of carbonyl (C=O) groups is 3. The van der Waals surface area contributed by atoms with Crippen LogP contribution in [-0.2, 0) is 14.4 Å². The van der Waals surface area contributed by atoms with Crippen LogP contribution in [0.3, 0.4) is 0 Å². The number of hydrogen-bond donors (Lipinski definition) is 0. The number of thioether (sulfide) groups is 2. The van der Waals surface area contributed by atoms with Gasteiger partial charge < -0.3 is 0 Å². The molecule has 1 aliphatic carbocycles. The first kappa shape index (κ1) is 9.98. The van der Waals surface area contributed by atoms with E-state index in [9.17, 15) is 14.4 Å². The summed E-state index contributed by atoms with van der Waals surface area (Å²) in [6.07, 6.45) is 0. The molecular weight excluding hydrogens is 220 g/mol. The van der Waals surface area contributed by atoms with Crippen molar-refractivity contribution in [3.63, 3.8) is 0 Å². The molecule has 0 saturated carbocycles. The predicted molar refractivity (Wildman–Crippen MR) is 56.1 cm³/mol. The summed E-state index contributed by atoms with van der Waals surface area (Å²) in [5.41, 5.74) is 0. The molecule has 0 aromatic heterocycles. The number of Topliss-reactive ketones (excluding diaryl/α,β-unsaturated/α-hetero) is 3. The van der Waals surface area contributed by atoms with Gasteiger partial charge in [-0.1, -0.05) is 0 Å². The number of rotatable bonds is 1. The van der Waals surface area contributed by atoms with Gasteiger partial charge in [-0.3, -0.25) is 14.4 Å². The molecule has 0 N–H and O–H groups in total. The quantitative estimate of drug-likeness (QED) is 0.627. The third-order valence-corrected chi connectivity index (χ3v) is 4.75. The highest BCUT2D eigenvalue weighted by Crippen LogP contribution is 2.42. The molecule has 5 heteroatoms. The molecule has 0 aromatic rings. The second-order valence-electron chi connectivity index (χ2n) is 3.13. The fourth-order valence-electron chi connectivity index (χ4n) is 1.54. The number of carbonyl (C=O) groups excluding carboxylic acids is 3. The standard InChI is InChI=1S/C9H8O3S2/c1-4(10)5-6(11)8-9(7(5)12)14-3-2-13-8/h5H,2-3H2,1H3. The first-order chi connectivity index (χ1) is 6.63. The van der Waals surface area contributed by atoms with Gasteiger partial charge in [0.25, 0.3) is 0 Å². The van der Waals surface area contributed by atoms with Gasteiger partial charge in [0, 0.05) is 11.5 Å². The van der Waals surface area contributed by atoms with E-state index in [1.54, 1.807) is 0 Å². The minimum Gasteiger partial charge on any atom is -0.299 e. The van der Waals surface area contributed by atoms with Gasteiger partial charge in [0.1, 0.15) is 11.7 Å². The number of allylic oxidation sites excluding steroid dienone is 2. The van der Waals surface area contributed by atoms with E-state index in [0.717, 1.165) is 11.5 Å². The van der Waals surface area contributed by atoms with Crippen LogP contribution in [0.15, 0.2) is 9.81 Å². The Morgan fingerprint density at radius 1 is 1.14 bits per heavy atom. The Kier molecular flexibility index (Phi) is 2.53. The molecule has 74 valence electrons. The van der Waals surface area contributed by atoms with Gasteiger partial charge in [-0.15, -0.1) is 23.5 Å². The molecule has 2 rings (SSSR count). The van der Waals surface area contributed by atoms with Crippen molar-refractivity contribution in [3.05, 3.63) is 9.81 Å². The topological polar surface area (TPSA) is 51.2 Å². The summed E-state index contributed by atoms with van der Waals surface area (Å²) in [6.45, 7) is 1.30. The zero-order valence-electron chi connectivity index (χ0n) is 7.53. The largest absolute Gasteiger partial charge is 0.299 e. The van der Waals surface area contributed by atoms with Crippen LogP contribution in [0, 0.1) is 5.92 Å². The molecule has 3 nitrogen and oxygen atoms in total. The molecule has 0 amide bonds. The average molecular weight is 228 g/mol. The van der Waals surface area contributed by atoms with Crippen LogP contribution in [-0.4, -0.2) is 28.9 Å². The van der Waals surface area contributed by atoms with Crippen molar-refractivity contribution in [2.75, 3.05) is 11.5 Å². The Labute approximate surface area is 89.7 Å². The predicted octanol–water partition coefficient (Wildman–Crippen LogP) is 1.04. The molecule has 0 aromatic carbocycles. The van der Waals surface area contributed by atoms with E-state index in [1.165, 1.54) is 30.4 Å². The summed E-state index contributed by atoms with van der Waals surface area (Å²) < 4.78 is 0. The molecule has 1 aliphatic heterocycles. The smallest absolute Gasteiger partial charge is 0.188 e. The van der Waals surface area contributed by atoms with E-state index >= 15 is 0 Å². The Bertz CT molecular complexity index is 342. The van der Waals surface area contributed by atoms with Crippen molar-refractivity contribution < 1.29 is 14.4 Å². The summed E-state index contributed by atoms with van der Waals surface area (Å²) in [7, 11) is 0. The highest BCUT2D eigenvalue weighted by Gasteiger charge is 2.44. The lowest BCUT2D eigenvalue weighted by Gasteiger charge is -2.09. The van der Waals surface area contributed by atoms with E-state index < -0.39 is 5.92 Å². The van der Waals surface area contributed by atoms with Gasteiger partial charge in [0.05, 0.1) is 9.81 Å². The minimum absolute atomic E-state index is 0.283. The Morgan fingerprint density at radius 2 is 1.57 bits per heavy atom. The molecular formula is C9H8O3S2. The molecule has 0 atom stereocenters. The van der Waals surface area contributed by atoms with Crippen LogP contribution >= 0.6 is 23.5 Å². The van der Waals surface area contributed by atoms with Crippen molar-refractivity contribution in [2.45, 2.75) is 6.92 Å². The second kappa shape index (κ2) is 3.55. The lowest BCUT2D eigenvalue weighted by Crippen LogP contribution is -2.24. The Hall–Kier alpha value is -0.550. The van der Waals surface area contributed by atoms with E-state index in [2.05, 4.69) is 0 Å². The summed E-state index contributed by atoms with van der Waals surface area (Å²) in [4.78, 5) is 35.5. The summed E-state index contributed by atoms with van der Waals surface area (Å²) >= 11 is 2.81. The zero-order valence-corrected chi connectivity index (χ0v) is 9.17. The monoisotopic (exact) mass is 228 g/mol. The van der Waals surface area contributed by atoms with Gasteiger partial charge in [0.2, 0.25) is 0 Å². The molecule has 0 fully saturated rings. The SMILES string of the molecule is CC(=O)C1C(=O)C2=C(SCCS2)C1=O. The lowest BCUT2D eigenvalue weighted by molar-refractivity contribution is -0.134. The number of ketones is 3. The molecule has 1 heterocycles. The molecule has 0 unspecified atom stereocenters. The van der Waals surface area contributed by atoms with Gasteiger partial charge in [-0.25, -0.2) is 0 Å². The highest BCUT2D eigenvalue weighted by molar-refractivity contribution is 8.11. The van der Waals surface area contributed by atoms with Gasteiger partial charge in [-0.2, -0.15) is 0 Å². The lowest BCUT2D eigenvalue weighted by atomic mass is 10.0. The Balaban J connectivity index is 2.39. The summed E-state index contributed by atoms with van der Waals surface area (Å²) in [5.74, 6) is -0.251. The van der Waals surface area contributed by atoms with Crippen molar-refractivity contribution in [1.29, 1.82) is 0 Å². The molecule has 0 saturated heterocycles. The van der Waals surface area contributed by atoms with E-state index in [4.69, 9.17) is 0 Å². The van der Waals surface area contributed by atoms with Crippen LogP contribution < -0.4 is 0 Å². The number of hydrogen-bond acceptors (Lipinski definition) is 5. The van der Waals surface area contributed by atoms with Crippen molar-refractivity contribution in [3.8, 4) is 0 Å².